The number of methoxy groups -OCH3 is 1. The van der Waals surface area contributed by atoms with Gasteiger partial charge in [0.05, 0.1) is 23.3 Å². The molecule has 0 aliphatic rings. The molecule has 0 bridgehead atoms. The molecule has 148 valence electrons. The molecule has 3 rings (SSSR count). The number of nitro groups is 1. The van der Waals surface area contributed by atoms with Crippen molar-refractivity contribution >= 4 is 35.0 Å². The van der Waals surface area contributed by atoms with Crippen molar-refractivity contribution in [3.63, 3.8) is 0 Å². The van der Waals surface area contributed by atoms with Crippen LogP contribution in [0.3, 0.4) is 0 Å². The summed E-state index contributed by atoms with van der Waals surface area (Å²) in [5.74, 6) is -0.814. The van der Waals surface area contributed by atoms with Crippen LogP contribution in [0.15, 0.2) is 58.2 Å². The summed E-state index contributed by atoms with van der Waals surface area (Å²) in [6.07, 6.45) is 0. The molecule has 0 saturated heterocycles. The minimum absolute atomic E-state index is 0.00129. The first-order valence-electron chi connectivity index (χ1n) is 8.16. The van der Waals surface area contributed by atoms with E-state index < -0.39 is 10.9 Å². The first kappa shape index (κ1) is 20.0. The molecular weight excluding hydrogens is 400 g/mol. The molecule has 29 heavy (non-hydrogen) atoms. The molecule has 0 saturated carbocycles. The highest BCUT2D eigenvalue weighted by atomic mass is 32.2. The van der Waals surface area contributed by atoms with E-state index >= 15 is 0 Å². The zero-order valence-electron chi connectivity index (χ0n) is 15.0. The van der Waals surface area contributed by atoms with Gasteiger partial charge in [0.2, 0.25) is 5.91 Å². The molecule has 1 amide bonds. The highest BCUT2D eigenvalue weighted by molar-refractivity contribution is 7.99. The molecule has 1 N–H and O–H groups in total. The zero-order valence-corrected chi connectivity index (χ0v) is 15.8. The smallest absolute Gasteiger partial charge is 0.337 e. The van der Waals surface area contributed by atoms with E-state index in [2.05, 4.69) is 20.3 Å². The summed E-state index contributed by atoms with van der Waals surface area (Å²) in [5, 5.41) is 21.5. The quantitative estimate of drug-likeness (QED) is 0.267. The number of nitrogens with one attached hydrogen (secondary N) is 1. The minimum Gasteiger partial charge on any atom is -0.465 e. The highest BCUT2D eigenvalue weighted by Crippen LogP contribution is 2.30. The number of aromatic nitrogens is 2. The molecule has 0 atom stereocenters. The van der Waals surface area contributed by atoms with E-state index in [9.17, 15) is 19.7 Å². The fourth-order valence-corrected chi connectivity index (χ4v) is 2.89. The van der Waals surface area contributed by atoms with Crippen molar-refractivity contribution in [2.24, 2.45) is 0 Å². The Kier molecular flexibility index (Phi) is 6.19. The molecule has 0 radical (unpaired) electrons. The Morgan fingerprint density at radius 2 is 1.90 bits per heavy atom. The third-order valence-electron chi connectivity index (χ3n) is 3.65. The first-order valence-corrected chi connectivity index (χ1v) is 9.15. The standard InChI is InChI=1S/C18H14N4O6S/c1-27-17(24)11-6-8-12(9-7-11)19-15(23)10-29-18-21-20-16(28-18)13-4-2-3-5-14(13)22(25)26/h2-9H,10H2,1H3,(H,19,23). The predicted octanol–water partition coefficient (Wildman–Crippen LogP) is 3.16. The van der Waals surface area contributed by atoms with E-state index in [1.54, 1.807) is 18.2 Å². The van der Waals surface area contributed by atoms with Crippen LogP contribution < -0.4 is 5.32 Å². The molecule has 0 aliphatic heterocycles. The van der Waals surface area contributed by atoms with Crippen LogP contribution in [0.25, 0.3) is 11.5 Å². The number of carbonyl (C=O) groups is 2. The van der Waals surface area contributed by atoms with Crippen molar-refractivity contribution in [3.8, 4) is 11.5 Å². The molecule has 0 unspecified atom stereocenters. The minimum atomic E-state index is -0.536. The third-order valence-corrected chi connectivity index (χ3v) is 4.47. The van der Waals surface area contributed by atoms with Crippen LogP contribution in [-0.4, -0.2) is 39.9 Å². The van der Waals surface area contributed by atoms with Gasteiger partial charge in [-0.2, -0.15) is 0 Å². The van der Waals surface area contributed by atoms with Crippen molar-refractivity contribution in [1.29, 1.82) is 0 Å². The second-order valence-corrected chi connectivity index (χ2v) is 6.48. The zero-order chi connectivity index (χ0) is 20.8. The van der Waals surface area contributed by atoms with Crippen LogP contribution >= 0.6 is 11.8 Å². The maximum atomic E-state index is 12.1. The van der Waals surface area contributed by atoms with Gasteiger partial charge in [0.1, 0.15) is 5.56 Å². The lowest BCUT2D eigenvalue weighted by Crippen LogP contribution is -2.14. The molecular formula is C18H14N4O6S. The third kappa shape index (κ3) is 4.96. The number of rotatable bonds is 7. The molecule has 0 spiro atoms. The Balaban J connectivity index is 1.59. The van der Waals surface area contributed by atoms with Crippen LogP contribution in [0, 0.1) is 10.1 Å². The van der Waals surface area contributed by atoms with Crippen LogP contribution in [0.5, 0.6) is 0 Å². The van der Waals surface area contributed by atoms with E-state index in [0.29, 0.717) is 11.3 Å². The van der Waals surface area contributed by atoms with E-state index in [4.69, 9.17) is 4.42 Å². The number of ether oxygens (including phenoxy) is 1. The number of nitrogens with zero attached hydrogens (tertiary/aromatic N) is 3. The largest absolute Gasteiger partial charge is 0.465 e. The van der Waals surface area contributed by atoms with Gasteiger partial charge in [-0.15, -0.1) is 10.2 Å². The second-order valence-electron chi connectivity index (χ2n) is 5.55. The number of esters is 1. The number of thioether (sulfide) groups is 1. The highest BCUT2D eigenvalue weighted by Gasteiger charge is 2.20. The average molecular weight is 414 g/mol. The van der Waals surface area contributed by atoms with E-state index in [0.717, 1.165) is 11.8 Å². The van der Waals surface area contributed by atoms with Crippen LogP contribution in [0.2, 0.25) is 0 Å². The number of anilines is 1. The van der Waals surface area contributed by atoms with Gasteiger partial charge >= 0.3 is 5.97 Å². The summed E-state index contributed by atoms with van der Waals surface area (Å²) >= 11 is 0.993. The summed E-state index contributed by atoms with van der Waals surface area (Å²) in [7, 11) is 1.29. The summed E-state index contributed by atoms with van der Waals surface area (Å²) in [6, 6.07) is 12.2. The van der Waals surface area contributed by atoms with Crippen LogP contribution in [-0.2, 0) is 9.53 Å². The van der Waals surface area contributed by atoms with Crippen molar-refractivity contribution in [2.75, 3.05) is 18.2 Å². The van der Waals surface area contributed by atoms with Crippen molar-refractivity contribution in [1.82, 2.24) is 10.2 Å². The molecule has 10 nitrogen and oxygen atoms in total. The second kappa shape index (κ2) is 8.97. The van der Waals surface area contributed by atoms with Gasteiger partial charge in [-0.3, -0.25) is 14.9 Å². The number of hydrogen-bond acceptors (Lipinski definition) is 9. The molecule has 1 heterocycles. The first-order chi connectivity index (χ1) is 14.0. The molecule has 1 aromatic heterocycles. The van der Waals surface area contributed by atoms with Crippen molar-refractivity contribution in [3.05, 3.63) is 64.2 Å². The number of hydrogen-bond donors (Lipinski definition) is 1. The van der Waals surface area contributed by atoms with E-state index in [1.807, 2.05) is 0 Å². The van der Waals surface area contributed by atoms with Gasteiger partial charge in [0.15, 0.2) is 0 Å². The van der Waals surface area contributed by atoms with Gasteiger partial charge < -0.3 is 14.5 Å². The van der Waals surface area contributed by atoms with Crippen molar-refractivity contribution < 1.29 is 23.7 Å². The lowest BCUT2D eigenvalue weighted by molar-refractivity contribution is -0.384. The van der Waals surface area contributed by atoms with Gasteiger partial charge in [0.25, 0.3) is 16.8 Å². The maximum absolute atomic E-state index is 12.1. The topological polar surface area (TPSA) is 137 Å². The van der Waals surface area contributed by atoms with Gasteiger partial charge in [0, 0.05) is 11.8 Å². The van der Waals surface area contributed by atoms with Crippen molar-refractivity contribution in [2.45, 2.75) is 5.22 Å². The predicted molar refractivity (Wildman–Crippen MR) is 104 cm³/mol. The molecule has 3 aromatic rings. The molecule has 0 aliphatic carbocycles. The monoisotopic (exact) mass is 414 g/mol. The maximum Gasteiger partial charge on any atom is 0.337 e. The van der Waals surface area contributed by atoms with Gasteiger partial charge in [-0.25, -0.2) is 4.79 Å². The summed E-state index contributed by atoms with van der Waals surface area (Å²) in [5.41, 5.74) is 0.926. The normalized spacial score (nSPS) is 10.4. The Labute approximate surface area is 168 Å². The summed E-state index contributed by atoms with van der Waals surface area (Å²) < 4.78 is 10.0. The number of amides is 1. The Hall–Kier alpha value is -3.73. The van der Waals surface area contributed by atoms with E-state index in [1.165, 1.54) is 37.4 Å². The number of carbonyl (C=O) groups excluding carboxylic acids is 2. The number of benzene rings is 2. The Bertz CT molecular complexity index is 1050. The number of nitro benzene ring substituents is 1. The Morgan fingerprint density at radius 3 is 2.59 bits per heavy atom. The Morgan fingerprint density at radius 1 is 1.17 bits per heavy atom. The average Bonchev–Trinajstić information content (AvgIpc) is 3.21. The number of para-hydroxylation sites is 1. The van der Waals surface area contributed by atoms with Gasteiger partial charge in [-0.1, -0.05) is 23.9 Å². The van der Waals surface area contributed by atoms with Crippen LogP contribution in [0.4, 0.5) is 11.4 Å². The molecule has 11 heteroatoms. The van der Waals surface area contributed by atoms with E-state index in [-0.39, 0.29) is 34.0 Å². The molecule has 0 fully saturated rings. The lowest BCUT2D eigenvalue weighted by atomic mass is 10.2. The molecule has 2 aromatic carbocycles. The lowest BCUT2D eigenvalue weighted by Gasteiger charge is -2.05. The SMILES string of the molecule is COC(=O)c1ccc(NC(=O)CSc2nnc(-c3ccccc3[N+](=O)[O-])o2)cc1. The summed E-state index contributed by atoms with van der Waals surface area (Å²) in [6.45, 7) is 0. The van der Waals surface area contributed by atoms with Gasteiger partial charge in [-0.05, 0) is 30.3 Å². The summed E-state index contributed by atoms with van der Waals surface area (Å²) in [4.78, 5) is 34.0. The fraction of sp³-hybridized carbons (Fsp3) is 0.111. The fourth-order valence-electron chi connectivity index (χ4n) is 2.32. The van der Waals surface area contributed by atoms with Crippen LogP contribution in [0.1, 0.15) is 10.4 Å².